The van der Waals surface area contributed by atoms with Gasteiger partial charge < -0.3 is 0 Å². The van der Waals surface area contributed by atoms with Crippen molar-refractivity contribution < 1.29 is 0 Å². The Morgan fingerprint density at radius 3 is 1.62 bits per heavy atom. The van der Waals surface area contributed by atoms with Crippen molar-refractivity contribution in [3.8, 4) is 56.4 Å². The number of rotatable bonds is 7. The first-order chi connectivity index (χ1) is 29.6. The molecular weight excluding hydrogens is 749 g/mol. The van der Waals surface area contributed by atoms with Crippen LogP contribution < -0.4 is 0 Å². The van der Waals surface area contributed by atoms with Crippen molar-refractivity contribution in [2.24, 2.45) is 0 Å². The Hall–Kier alpha value is -6.95. The number of fused-ring (bicyclic) bond motifs is 1. The van der Waals surface area contributed by atoms with E-state index in [0.29, 0.717) is 17.5 Å². The molecule has 1 aliphatic rings. The predicted molar refractivity (Wildman–Crippen MR) is 252 cm³/mol. The molecule has 3 heterocycles. The lowest BCUT2D eigenvalue weighted by molar-refractivity contribution is 0.623. The zero-order valence-electron chi connectivity index (χ0n) is 33.7. The summed E-state index contributed by atoms with van der Waals surface area (Å²) in [4.78, 5) is 20.5. The third kappa shape index (κ3) is 7.68. The van der Waals surface area contributed by atoms with E-state index >= 15 is 0 Å². The van der Waals surface area contributed by atoms with Gasteiger partial charge in [-0.1, -0.05) is 188 Å². The van der Waals surface area contributed by atoms with E-state index < -0.39 is 5.41 Å². The van der Waals surface area contributed by atoms with Crippen molar-refractivity contribution in [3.63, 3.8) is 0 Å². The summed E-state index contributed by atoms with van der Waals surface area (Å²) >= 11 is 1.90. The Morgan fingerprint density at radius 1 is 0.500 bits per heavy atom. The average Bonchev–Trinajstić information content (AvgIpc) is 3.33. The third-order valence-corrected chi connectivity index (χ3v) is 12.5. The molecule has 6 aromatic carbocycles. The van der Waals surface area contributed by atoms with Crippen LogP contribution in [0.25, 0.3) is 67.2 Å². The molecule has 1 atom stereocenters. The van der Waals surface area contributed by atoms with Gasteiger partial charge in [0.25, 0.3) is 0 Å². The summed E-state index contributed by atoms with van der Waals surface area (Å²) in [7, 11) is 0. The van der Waals surface area contributed by atoms with Crippen LogP contribution in [-0.2, 0) is 5.41 Å². The second-order valence-corrected chi connectivity index (χ2v) is 15.9. The van der Waals surface area contributed by atoms with Gasteiger partial charge in [0.2, 0.25) is 0 Å². The second kappa shape index (κ2) is 17.5. The largest absolute Gasteiger partial charge is 0.264 e. The molecule has 60 heavy (non-hydrogen) atoms. The van der Waals surface area contributed by atoms with Crippen LogP contribution in [0, 0.1) is 0 Å². The van der Waals surface area contributed by atoms with Gasteiger partial charge in [0.15, 0.2) is 17.5 Å². The Labute approximate surface area is 356 Å². The van der Waals surface area contributed by atoms with E-state index in [1.165, 1.54) is 38.1 Å². The lowest BCUT2D eigenvalue weighted by Gasteiger charge is -2.38. The first kappa shape index (κ1) is 38.6. The summed E-state index contributed by atoms with van der Waals surface area (Å²) < 4.78 is 0. The van der Waals surface area contributed by atoms with Crippen LogP contribution in [0.4, 0.5) is 0 Å². The maximum Gasteiger partial charge on any atom is 0.164 e. The first-order valence-corrected chi connectivity index (χ1v) is 21.4. The molecule has 4 nitrogen and oxygen atoms in total. The van der Waals surface area contributed by atoms with E-state index in [0.717, 1.165) is 45.4 Å². The molecule has 2 aromatic heterocycles. The number of hydrogen-bond donors (Lipinski definition) is 0. The van der Waals surface area contributed by atoms with Crippen LogP contribution in [0.5, 0.6) is 0 Å². The molecule has 0 bridgehead atoms. The lowest BCUT2D eigenvalue weighted by Crippen LogP contribution is -2.31. The lowest BCUT2D eigenvalue weighted by atomic mass is 9.66. The van der Waals surface area contributed by atoms with E-state index in [4.69, 9.17) is 15.0 Å². The minimum Gasteiger partial charge on any atom is -0.264 e. The number of pyridine rings is 1. The summed E-state index contributed by atoms with van der Waals surface area (Å²) in [5, 5.41) is 2.35. The fraction of sp³-hybridized carbons (Fsp3) is 0.0909. The molecule has 0 saturated heterocycles. The van der Waals surface area contributed by atoms with Gasteiger partial charge in [0.05, 0.1) is 0 Å². The number of allylic oxidation sites excluding steroid dienone is 6. The van der Waals surface area contributed by atoms with Crippen molar-refractivity contribution in [1.29, 1.82) is 0 Å². The average molecular weight is 793 g/mol. The van der Waals surface area contributed by atoms with Crippen LogP contribution >= 0.6 is 11.8 Å². The number of thioether (sulfide) groups is 1. The van der Waals surface area contributed by atoms with E-state index in [9.17, 15) is 0 Å². The zero-order chi connectivity index (χ0) is 40.7. The highest BCUT2D eigenvalue weighted by atomic mass is 32.2. The summed E-state index contributed by atoms with van der Waals surface area (Å²) in [6, 6.07) is 55.7. The first-order valence-electron chi connectivity index (χ1n) is 20.4. The maximum absolute atomic E-state index is 4.95. The highest BCUT2D eigenvalue weighted by Crippen LogP contribution is 2.49. The highest BCUT2D eigenvalue weighted by molar-refractivity contribution is 8.03. The summed E-state index contributed by atoms with van der Waals surface area (Å²) in [5.41, 5.74) is 10.9. The van der Waals surface area contributed by atoms with E-state index in [-0.39, 0.29) is 0 Å². The molecule has 9 rings (SSSR count). The van der Waals surface area contributed by atoms with Crippen molar-refractivity contribution >= 4 is 22.5 Å². The van der Waals surface area contributed by atoms with Gasteiger partial charge in [-0.3, -0.25) is 4.98 Å². The third-order valence-electron chi connectivity index (χ3n) is 11.3. The molecule has 1 unspecified atom stereocenters. The van der Waals surface area contributed by atoms with Crippen LogP contribution in [-0.4, -0.2) is 25.7 Å². The SMILES string of the molecule is C/C=C1\C(=C/C)SC/C=C\C=C/CC1(c1ccc(-c2ccc(-c3nc(-c4ccccc4)nc(-c4ccccc4)n3)cc2)cc1)c1ccc(-c2cccc3ccncc23)cc1. The molecule has 0 N–H and O–H groups in total. The van der Waals surface area contributed by atoms with Crippen LogP contribution in [0.15, 0.2) is 217 Å². The van der Waals surface area contributed by atoms with Gasteiger partial charge >= 0.3 is 0 Å². The molecule has 0 fully saturated rings. The highest BCUT2D eigenvalue weighted by Gasteiger charge is 2.38. The van der Waals surface area contributed by atoms with Crippen LogP contribution in [0.1, 0.15) is 31.4 Å². The van der Waals surface area contributed by atoms with Crippen LogP contribution in [0.3, 0.4) is 0 Å². The fourth-order valence-corrected chi connectivity index (χ4v) is 9.33. The zero-order valence-corrected chi connectivity index (χ0v) is 34.6. The van der Waals surface area contributed by atoms with Gasteiger partial charge in [-0.2, -0.15) is 0 Å². The molecule has 0 amide bonds. The molecule has 290 valence electrons. The van der Waals surface area contributed by atoms with E-state index in [1.54, 1.807) is 0 Å². The smallest absolute Gasteiger partial charge is 0.164 e. The molecule has 0 aliphatic carbocycles. The molecule has 8 aromatic rings. The molecule has 0 spiro atoms. The van der Waals surface area contributed by atoms with Crippen LogP contribution in [0.2, 0.25) is 0 Å². The van der Waals surface area contributed by atoms with Crippen molar-refractivity contribution in [2.75, 3.05) is 5.75 Å². The minimum absolute atomic E-state index is 0.432. The van der Waals surface area contributed by atoms with Crippen molar-refractivity contribution in [2.45, 2.75) is 25.7 Å². The number of nitrogens with zero attached hydrogens (tertiary/aromatic N) is 4. The standard InChI is InChI=1S/C55H44N4S/c1-3-50-51(4-2)60-37-14-6-5-13-35-55(50,47-32-28-42(29-33-47)48-21-15-20-41-34-36-56-38-49(41)48)46-30-26-40(27-31-46)39-22-24-45(25-23-39)54-58-52(43-16-9-7-10-17-43)57-53(59-54)44-18-11-8-12-19-44/h3-34,36,38H,35,37H2,1-2H3/b13-5-,14-6-,50-3+,51-4+. The monoisotopic (exact) mass is 792 g/mol. The van der Waals surface area contributed by atoms with Gasteiger partial charge in [-0.05, 0) is 70.7 Å². The van der Waals surface area contributed by atoms with E-state index in [1.807, 2.05) is 84.8 Å². The molecule has 0 saturated carbocycles. The number of hydrogen-bond acceptors (Lipinski definition) is 5. The Balaban J connectivity index is 1.10. The van der Waals surface area contributed by atoms with E-state index in [2.05, 4.69) is 152 Å². The summed E-state index contributed by atoms with van der Waals surface area (Å²) in [5.74, 6) is 2.86. The Bertz CT molecular complexity index is 2820. The number of aromatic nitrogens is 4. The number of benzene rings is 6. The van der Waals surface area contributed by atoms with Gasteiger partial charge in [0, 0.05) is 50.5 Å². The molecule has 5 heteroatoms. The normalized spacial score (nSPS) is 18.0. The quantitative estimate of drug-likeness (QED) is 0.161. The van der Waals surface area contributed by atoms with Crippen molar-refractivity contribution in [1.82, 2.24) is 19.9 Å². The fourth-order valence-electron chi connectivity index (χ4n) is 8.33. The Morgan fingerprint density at radius 2 is 1.03 bits per heavy atom. The maximum atomic E-state index is 4.95. The molecule has 1 aliphatic heterocycles. The van der Waals surface area contributed by atoms with Gasteiger partial charge in [-0.15, -0.1) is 11.8 Å². The second-order valence-electron chi connectivity index (χ2n) is 14.8. The predicted octanol–water partition coefficient (Wildman–Crippen LogP) is 14.1. The molecule has 0 radical (unpaired) electrons. The van der Waals surface area contributed by atoms with Gasteiger partial charge in [0.1, 0.15) is 0 Å². The molecular formula is C55H44N4S. The van der Waals surface area contributed by atoms with Crippen molar-refractivity contribution in [3.05, 3.63) is 228 Å². The Kier molecular flexibility index (Phi) is 11.2. The van der Waals surface area contributed by atoms with Gasteiger partial charge in [-0.25, -0.2) is 15.0 Å². The topological polar surface area (TPSA) is 51.6 Å². The summed E-state index contributed by atoms with van der Waals surface area (Å²) in [6.07, 6.45) is 18.2. The minimum atomic E-state index is -0.432. The summed E-state index contributed by atoms with van der Waals surface area (Å²) in [6.45, 7) is 4.35.